The quantitative estimate of drug-likeness (QED) is 0.276. The highest BCUT2D eigenvalue weighted by Crippen LogP contribution is 2.43. The van der Waals surface area contributed by atoms with E-state index in [-0.39, 0.29) is 0 Å². The van der Waals surface area contributed by atoms with Crippen molar-refractivity contribution in [3.63, 3.8) is 0 Å². The van der Waals surface area contributed by atoms with Crippen molar-refractivity contribution in [3.8, 4) is 0 Å². The van der Waals surface area contributed by atoms with Gasteiger partial charge in [0.1, 0.15) is 0 Å². The fourth-order valence-electron chi connectivity index (χ4n) is 5.75. The van der Waals surface area contributed by atoms with E-state index in [0.29, 0.717) is 17.9 Å². The van der Waals surface area contributed by atoms with Crippen molar-refractivity contribution in [3.05, 3.63) is 47.3 Å². The third-order valence-electron chi connectivity index (χ3n) is 7.70. The lowest BCUT2D eigenvalue weighted by Crippen LogP contribution is -2.26. The highest BCUT2D eigenvalue weighted by Gasteiger charge is 2.30. The molecule has 3 rings (SSSR count). The van der Waals surface area contributed by atoms with Crippen molar-refractivity contribution >= 4 is 0 Å². The van der Waals surface area contributed by atoms with E-state index < -0.39 is 17.5 Å². The summed E-state index contributed by atoms with van der Waals surface area (Å²) in [4.78, 5) is 0. The molecule has 0 N–H and O–H groups in total. The van der Waals surface area contributed by atoms with Gasteiger partial charge in [-0.25, -0.2) is 13.2 Å². The van der Waals surface area contributed by atoms with E-state index in [9.17, 15) is 13.2 Å². The molecule has 2 saturated carbocycles. The molecule has 1 aromatic carbocycles. The van der Waals surface area contributed by atoms with Crippen LogP contribution in [0.25, 0.3) is 0 Å². The largest absolute Gasteiger partial charge is 0.204 e. The van der Waals surface area contributed by atoms with Crippen LogP contribution in [0.4, 0.5) is 13.2 Å². The molecule has 0 atom stereocenters. The Labute approximate surface area is 181 Å². The van der Waals surface area contributed by atoms with E-state index in [0.717, 1.165) is 36.3 Å². The van der Waals surface area contributed by atoms with Crippen LogP contribution in [-0.4, -0.2) is 0 Å². The fraction of sp³-hybridized carbons (Fsp3) is 0.704. The molecule has 0 unspecified atom stereocenters. The van der Waals surface area contributed by atoms with Gasteiger partial charge in [-0.3, -0.25) is 0 Å². The molecule has 3 heteroatoms. The number of hydrogen-bond acceptors (Lipinski definition) is 0. The lowest BCUT2D eigenvalue weighted by molar-refractivity contribution is 0.141. The summed E-state index contributed by atoms with van der Waals surface area (Å²) in [6.07, 6.45) is 22.1. The van der Waals surface area contributed by atoms with Crippen LogP contribution in [-0.2, 0) is 6.42 Å². The first kappa shape index (κ1) is 23.4. The SMILES string of the molecule is CCCC=CCCC1CCC(C2CCC(CCc3cc(F)c(F)c(F)c3)CC2)CC1. The Hall–Kier alpha value is -1.25. The van der Waals surface area contributed by atoms with Crippen molar-refractivity contribution in [1.82, 2.24) is 0 Å². The molecule has 0 amide bonds. The zero-order valence-electron chi connectivity index (χ0n) is 18.7. The number of aryl methyl sites for hydroxylation is 1. The van der Waals surface area contributed by atoms with Crippen molar-refractivity contribution in [2.24, 2.45) is 23.7 Å². The molecule has 1 aromatic rings. The zero-order valence-corrected chi connectivity index (χ0v) is 18.7. The minimum absolute atomic E-state index is 0.580. The summed E-state index contributed by atoms with van der Waals surface area (Å²) in [5.41, 5.74) is 0.580. The van der Waals surface area contributed by atoms with Crippen LogP contribution in [0.15, 0.2) is 24.3 Å². The van der Waals surface area contributed by atoms with E-state index in [4.69, 9.17) is 0 Å². The predicted octanol–water partition coefficient (Wildman–Crippen LogP) is 8.79. The van der Waals surface area contributed by atoms with E-state index in [1.807, 2.05) is 0 Å². The van der Waals surface area contributed by atoms with E-state index >= 15 is 0 Å². The Morgan fingerprint density at radius 3 is 1.77 bits per heavy atom. The normalized spacial score (nSPS) is 27.6. The number of halogens is 3. The second kappa shape index (κ2) is 12.0. The van der Waals surface area contributed by atoms with Crippen LogP contribution in [0.3, 0.4) is 0 Å². The van der Waals surface area contributed by atoms with Gasteiger partial charge in [0, 0.05) is 0 Å². The van der Waals surface area contributed by atoms with Gasteiger partial charge >= 0.3 is 0 Å². The Morgan fingerprint density at radius 1 is 0.733 bits per heavy atom. The van der Waals surface area contributed by atoms with Crippen molar-refractivity contribution in [1.29, 1.82) is 0 Å². The van der Waals surface area contributed by atoms with Crippen LogP contribution >= 0.6 is 0 Å². The van der Waals surface area contributed by atoms with Crippen molar-refractivity contribution in [2.75, 3.05) is 0 Å². The summed E-state index contributed by atoms with van der Waals surface area (Å²) in [6, 6.07) is 2.31. The van der Waals surface area contributed by atoms with Crippen molar-refractivity contribution in [2.45, 2.75) is 96.8 Å². The van der Waals surface area contributed by atoms with Gasteiger partial charge in [0.05, 0.1) is 0 Å². The van der Waals surface area contributed by atoms with Crippen LogP contribution in [0.2, 0.25) is 0 Å². The molecule has 0 aliphatic heterocycles. The molecule has 30 heavy (non-hydrogen) atoms. The molecule has 0 saturated heterocycles. The summed E-state index contributed by atoms with van der Waals surface area (Å²) in [6.45, 7) is 2.23. The number of allylic oxidation sites excluding steroid dienone is 2. The molecule has 0 bridgehead atoms. The average molecular weight is 421 g/mol. The number of rotatable bonds is 9. The molecule has 0 aromatic heterocycles. The van der Waals surface area contributed by atoms with Crippen LogP contribution in [0.5, 0.6) is 0 Å². The fourth-order valence-corrected chi connectivity index (χ4v) is 5.75. The predicted molar refractivity (Wildman–Crippen MR) is 119 cm³/mol. The third-order valence-corrected chi connectivity index (χ3v) is 7.70. The summed E-state index contributed by atoms with van der Waals surface area (Å²) < 4.78 is 39.9. The number of benzene rings is 1. The Kier molecular flexibility index (Phi) is 9.33. The van der Waals surface area contributed by atoms with Gasteiger partial charge in [-0.1, -0.05) is 51.2 Å². The van der Waals surface area contributed by atoms with Crippen LogP contribution in [0.1, 0.15) is 96.0 Å². The highest BCUT2D eigenvalue weighted by atomic mass is 19.2. The van der Waals surface area contributed by atoms with E-state index in [2.05, 4.69) is 19.1 Å². The highest BCUT2D eigenvalue weighted by molar-refractivity contribution is 5.19. The Balaban J connectivity index is 1.33. The third kappa shape index (κ3) is 6.89. The molecular formula is C27H39F3. The van der Waals surface area contributed by atoms with Gasteiger partial charge in [0.2, 0.25) is 0 Å². The standard InChI is InChI=1S/C27H39F3/c1-2-3-4-5-6-7-20-10-14-23(15-11-20)24-16-12-21(13-17-24)8-9-22-18-25(28)27(30)26(29)19-22/h4-5,18-21,23-24H,2-3,6-17H2,1H3. The summed E-state index contributed by atoms with van der Waals surface area (Å²) in [7, 11) is 0. The van der Waals surface area contributed by atoms with Gasteiger partial charge in [0.15, 0.2) is 17.5 Å². The van der Waals surface area contributed by atoms with E-state index in [1.54, 1.807) is 0 Å². The zero-order chi connectivity index (χ0) is 21.3. The molecule has 2 aliphatic carbocycles. The first-order valence-electron chi connectivity index (χ1n) is 12.3. The second-order valence-corrected chi connectivity index (χ2v) is 9.81. The lowest BCUT2D eigenvalue weighted by Gasteiger charge is -2.38. The monoisotopic (exact) mass is 420 g/mol. The molecule has 0 spiro atoms. The van der Waals surface area contributed by atoms with E-state index in [1.165, 1.54) is 77.0 Å². The van der Waals surface area contributed by atoms with Gasteiger partial charge in [-0.05, 0) is 99.2 Å². The van der Waals surface area contributed by atoms with Crippen molar-refractivity contribution < 1.29 is 13.2 Å². The second-order valence-electron chi connectivity index (χ2n) is 9.81. The molecule has 0 heterocycles. The maximum atomic E-state index is 13.4. The number of hydrogen-bond donors (Lipinski definition) is 0. The van der Waals surface area contributed by atoms with Gasteiger partial charge in [-0.2, -0.15) is 0 Å². The van der Waals surface area contributed by atoms with Crippen LogP contribution in [0, 0.1) is 41.1 Å². The smallest absolute Gasteiger partial charge is 0.194 e. The summed E-state index contributed by atoms with van der Waals surface area (Å²) in [5, 5.41) is 0. The average Bonchev–Trinajstić information content (AvgIpc) is 2.76. The molecule has 0 radical (unpaired) electrons. The number of unbranched alkanes of at least 4 members (excludes halogenated alkanes) is 1. The Bertz CT molecular complexity index is 642. The summed E-state index contributed by atoms with van der Waals surface area (Å²) in [5.74, 6) is -0.126. The molecule has 0 nitrogen and oxygen atoms in total. The molecular weight excluding hydrogens is 381 g/mol. The molecule has 2 fully saturated rings. The minimum Gasteiger partial charge on any atom is -0.204 e. The van der Waals surface area contributed by atoms with Gasteiger partial charge in [-0.15, -0.1) is 0 Å². The lowest BCUT2D eigenvalue weighted by atomic mass is 9.68. The maximum Gasteiger partial charge on any atom is 0.194 e. The maximum absolute atomic E-state index is 13.4. The Morgan fingerprint density at radius 2 is 1.23 bits per heavy atom. The summed E-state index contributed by atoms with van der Waals surface area (Å²) >= 11 is 0. The van der Waals surface area contributed by atoms with Crippen LogP contribution < -0.4 is 0 Å². The first-order valence-corrected chi connectivity index (χ1v) is 12.3. The van der Waals surface area contributed by atoms with Gasteiger partial charge < -0.3 is 0 Å². The topological polar surface area (TPSA) is 0 Å². The van der Waals surface area contributed by atoms with Gasteiger partial charge in [0.25, 0.3) is 0 Å². The minimum atomic E-state index is -1.36. The first-order chi connectivity index (χ1) is 14.6. The molecule has 168 valence electrons. The molecule has 2 aliphatic rings.